The van der Waals surface area contributed by atoms with Crippen molar-refractivity contribution in [3.8, 4) is 11.1 Å². The van der Waals surface area contributed by atoms with Crippen LogP contribution in [-0.4, -0.2) is 25.7 Å². The van der Waals surface area contributed by atoms with Crippen molar-refractivity contribution in [2.45, 2.75) is 31.7 Å². The minimum absolute atomic E-state index is 0.687. The highest BCUT2D eigenvalue weighted by atomic mass is 15.2. The van der Waals surface area contributed by atoms with E-state index in [0.717, 1.165) is 12.6 Å². The second kappa shape index (κ2) is 4.60. The first-order valence-corrected chi connectivity index (χ1v) is 8.53. The number of nitrogens with zero attached hydrogens (tertiary/aromatic N) is 1. The average molecular weight is 290 g/mol. The second-order valence-electron chi connectivity index (χ2n) is 7.00. The molecule has 0 saturated carbocycles. The summed E-state index contributed by atoms with van der Waals surface area (Å²) in [5.41, 5.74) is 8.94. The zero-order chi connectivity index (χ0) is 14.7. The van der Waals surface area contributed by atoms with E-state index in [4.69, 9.17) is 0 Å². The fraction of sp³-hybridized carbons (Fsp3) is 0.400. The Morgan fingerprint density at radius 2 is 2.09 bits per heavy atom. The molecule has 0 aromatic heterocycles. The Hall–Kier alpha value is -1.80. The van der Waals surface area contributed by atoms with Gasteiger partial charge in [0.2, 0.25) is 0 Å². The van der Waals surface area contributed by atoms with Crippen LogP contribution in [0.15, 0.2) is 36.4 Å². The van der Waals surface area contributed by atoms with E-state index >= 15 is 0 Å². The Morgan fingerprint density at radius 1 is 1.18 bits per heavy atom. The molecule has 2 atom stereocenters. The highest BCUT2D eigenvalue weighted by molar-refractivity contribution is 5.78. The van der Waals surface area contributed by atoms with Crippen molar-refractivity contribution in [1.82, 2.24) is 5.32 Å². The molecule has 0 radical (unpaired) electrons. The number of benzene rings is 2. The predicted octanol–water partition coefficient (Wildman–Crippen LogP) is 3.48. The third-order valence-electron chi connectivity index (χ3n) is 5.83. The molecule has 2 aromatic carbocycles. The lowest BCUT2D eigenvalue weighted by Gasteiger charge is -2.32. The van der Waals surface area contributed by atoms with Crippen LogP contribution >= 0.6 is 0 Å². The predicted molar refractivity (Wildman–Crippen MR) is 91.7 cm³/mol. The minimum Gasteiger partial charge on any atom is -0.367 e. The first-order valence-electron chi connectivity index (χ1n) is 8.53. The highest BCUT2D eigenvalue weighted by Gasteiger charge is 2.43. The van der Waals surface area contributed by atoms with Crippen molar-refractivity contribution in [3.63, 3.8) is 0 Å². The van der Waals surface area contributed by atoms with Crippen LogP contribution in [0.1, 0.15) is 29.0 Å². The summed E-state index contributed by atoms with van der Waals surface area (Å²) in [6.45, 7) is 5.76. The van der Waals surface area contributed by atoms with Crippen molar-refractivity contribution >= 4 is 5.69 Å². The molecule has 3 aliphatic heterocycles. The molecule has 3 heterocycles. The fourth-order valence-electron chi connectivity index (χ4n) is 4.81. The molecule has 2 heteroatoms. The monoisotopic (exact) mass is 290 g/mol. The van der Waals surface area contributed by atoms with Gasteiger partial charge < -0.3 is 10.2 Å². The molecular formula is C20H22N2. The molecule has 112 valence electrons. The number of nitrogens with one attached hydrogen (secondary N) is 1. The van der Waals surface area contributed by atoms with Crippen molar-refractivity contribution in [1.29, 1.82) is 0 Å². The molecule has 3 aliphatic rings. The van der Waals surface area contributed by atoms with Crippen molar-refractivity contribution in [2.24, 2.45) is 0 Å². The van der Waals surface area contributed by atoms with Crippen LogP contribution in [-0.2, 0) is 6.42 Å². The molecule has 1 fully saturated rings. The molecule has 0 amide bonds. The van der Waals surface area contributed by atoms with Crippen LogP contribution in [0, 0.1) is 6.92 Å². The van der Waals surface area contributed by atoms with Crippen LogP contribution < -0.4 is 10.2 Å². The number of hydrogen-bond acceptors (Lipinski definition) is 2. The van der Waals surface area contributed by atoms with Gasteiger partial charge >= 0.3 is 0 Å². The van der Waals surface area contributed by atoms with E-state index in [1.807, 2.05) is 0 Å². The summed E-state index contributed by atoms with van der Waals surface area (Å²) in [5, 5.41) is 3.61. The lowest BCUT2D eigenvalue weighted by molar-refractivity contribution is 0.405. The maximum Gasteiger partial charge on any atom is 0.0439 e. The Balaban J connectivity index is 1.69. The topological polar surface area (TPSA) is 15.3 Å². The van der Waals surface area contributed by atoms with Gasteiger partial charge in [-0.3, -0.25) is 0 Å². The molecule has 2 aromatic rings. The van der Waals surface area contributed by atoms with Crippen molar-refractivity contribution in [2.75, 3.05) is 24.5 Å². The molecule has 5 rings (SSSR count). The van der Waals surface area contributed by atoms with Crippen LogP contribution in [0.3, 0.4) is 0 Å². The first-order chi connectivity index (χ1) is 10.8. The minimum atomic E-state index is 0.687. The van der Waals surface area contributed by atoms with Gasteiger partial charge in [0.1, 0.15) is 0 Å². The summed E-state index contributed by atoms with van der Waals surface area (Å²) >= 11 is 0. The van der Waals surface area contributed by atoms with Gasteiger partial charge in [0.05, 0.1) is 0 Å². The number of piperidine rings is 1. The van der Waals surface area contributed by atoms with Gasteiger partial charge in [-0.05, 0) is 66.3 Å². The Kier molecular flexibility index (Phi) is 2.66. The first kappa shape index (κ1) is 12.7. The van der Waals surface area contributed by atoms with E-state index in [0.29, 0.717) is 5.92 Å². The second-order valence-corrected chi connectivity index (χ2v) is 7.00. The largest absolute Gasteiger partial charge is 0.367 e. The summed E-state index contributed by atoms with van der Waals surface area (Å²) in [5.74, 6) is 0.687. The standard InChI is InChI=1S/C20H22N2/c1-13-4-2-3-5-16(13)15-10-14-7-9-22-19-6-8-21-12-18(19)17(11-15)20(14)22/h2-5,10-11,18-19,21H,6-9,12H2,1H3/t18-,19-/m1/s1. The molecule has 1 saturated heterocycles. The molecule has 0 aliphatic carbocycles. The molecule has 0 spiro atoms. The lowest BCUT2D eigenvalue weighted by atomic mass is 9.86. The fourth-order valence-corrected chi connectivity index (χ4v) is 4.81. The van der Waals surface area contributed by atoms with Gasteiger partial charge in [0.15, 0.2) is 0 Å². The van der Waals surface area contributed by atoms with Gasteiger partial charge in [0.25, 0.3) is 0 Å². The third kappa shape index (κ3) is 1.65. The van der Waals surface area contributed by atoms with Gasteiger partial charge in [-0.15, -0.1) is 0 Å². The van der Waals surface area contributed by atoms with E-state index < -0.39 is 0 Å². The normalized spacial score (nSPS) is 25.2. The van der Waals surface area contributed by atoms with Crippen molar-refractivity contribution < 1.29 is 0 Å². The molecular weight excluding hydrogens is 268 g/mol. The maximum absolute atomic E-state index is 3.61. The number of anilines is 1. The summed E-state index contributed by atoms with van der Waals surface area (Å²) in [7, 11) is 0. The molecule has 22 heavy (non-hydrogen) atoms. The number of rotatable bonds is 1. The van der Waals surface area contributed by atoms with Crippen molar-refractivity contribution in [3.05, 3.63) is 53.1 Å². The Labute approximate surface area is 132 Å². The van der Waals surface area contributed by atoms with Crippen LogP contribution in [0.5, 0.6) is 0 Å². The van der Waals surface area contributed by atoms with E-state index in [9.17, 15) is 0 Å². The number of hydrogen-bond donors (Lipinski definition) is 1. The van der Waals surface area contributed by atoms with Crippen LogP contribution in [0.25, 0.3) is 11.1 Å². The number of aryl methyl sites for hydroxylation is 1. The SMILES string of the molecule is Cc1ccccc1-c1cc2c3c(c1)[C@H]1CNCC[C@H]1N3CC2. The van der Waals surface area contributed by atoms with Crippen LogP contribution in [0.4, 0.5) is 5.69 Å². The van der Waals surface area contributed by atoms with Crippen LogP contribution in [0.2, 0.25) is 0 Å². The molecule has 0 bridgehead atoms. The summed E-state index contributed by atoms with van der Waals surface area (Å²) in [6.07, 6.45) is 2.51. The van der Waals surface area contributed by atoms with E-state index in [2.05, 4.69) is 53.5 Å². The zero-order valence-electron chi connectivity index (χ0n) is 13.1. The number of fused-ring (bicyclic) bond motifs is 3. The van der Waals surface area contributed by atoms with Gasteiger partial charge in [0, 0.05) is 30.7 Å². The lowest BCUT2D eigenvalue weighted by Crippen LogP contribution is -2.43. The van der Waals surface area contributed by atoms with E-state index in [1.165, 1.54) is 42.6 Å². The maximum atomic E-state index is 3.61. The highest BCUT2D eigenvalue weighted by Crippen LogP contribution is 2.49. The quantitative estimate of drug-likeness (QED) is 0.865. The average Bonchev–Trinajstić information content (AvgIpc) is 3.11. The summed E-state index contributed by atoms with van der Waals surface area (Å²) < 4.78 is 0. The Morgan fingerprint density at radius 3 is 3.00 bits per heavy atom. The van der Waals surface area contributed by atoms with E-state index in [1.54, 1.807) is 16.8 Å². The van der Waals surface area contributed by atoms with Gasteiger partial charge in [-0.25, -0.2) is 0 Å². The smallest absolute Gasteiger partial charge is 0.0439 e. The summed E-state index contributed by atoms with van der Waals surface area (Å²) in [4.78, 5) is 2.71. The third-order valence-corrected chi connectivity index (χ3v) is 5.83. The summed E-state index contributed by atoms with van der Waals surface area (Å²) in [6, 6.07) is 14.5. The van der Waals surface area contributed by atoms with E-state index in [-0.39, 0.29) is 0 Å². The van der Waals surface area contributed by atoms with Gasteiger partial charge in [-0.2, -0.15) is 0 Å². The Bertz CT molecular complexity index is 749. The van der Waals surface area contributed by atoms with Gasteiger partial charge in [-0.1, -0.05) is 24.3 Å². The zero-order valence-corrected chi connectivity index (χ0v) is 13.1. The molecule has 0 unspecified atom stereocenters. The molecule has 1 N–H and O–H groups in total. The molecule has 2 nitrogen and oxygen atoms in total.